The molecule has 0 saturated heterocycles. The first-order valence-corrected chi connectivity index (χ1v) is 10.5. The molecule has 0 bridgehead atoms. The number of carbonyl (C=O) groups is 2. The van der Waals surface area contributed by atoms with Gasteiger partial charge >= 0.3 is 0 Å². The molecule has 1 heterocycles. The lowest BCUT2D eigenvalue weighted by Gasteiger charge is -2.26. The molecule has 0 fully saturated rings. The zero-order valence-corrected chi connectivity index (χ0v) is 17.0. The zero-order valence-electron chi connectivity index (χ0n) is 16.1. The largest absolute Gasteiger partial charge is 0.351 e. The van der Waals surface area contributed by atoms with Crippen molar-refractivity contribution in [3.63, 3.8) is 0 Å². The molecular formula is C19H33N3O2S. The number of hydrogen-bond acceptors (Lipinski definition) is 4. The van der Waals surface area contributed by atoms with Gasteiger partial charge in [-0.2, -0.15) is 0 Å². The Morgan fingerprint density at radius 1 is 1.20 bits per heavy atom. The van der Waals surface area contributed by atoms with E-state index in [1.54, 1.807) is 5.38 Å². The predicted molar refractivity (Wildman–Crippen MR) is 104 cm³/mol. The highest BCUT2D eigenvalue weighted by atomic mass is 32.1. The lowest BCUT2D eigenvalue weighted by atomic mass is 9.97. The molecular weight excluding hydrogens is 334 g/mol. The summed E-state index contributed by atoms with van der Waals surface area (Å²) in [6, 6.07) is 0. The molecule has 1 aromatic rings. The van der Waals surface area contributed by atoms with Gasteiger partial charge in [-0.1, -0.05) is 40.5 Å². The maximum absolute atomic E-state index is 12.9. The summed E-state index contributed by atoms with van der Waals surface area (Å²) in [6.45, 7) is 10.2. The van der Waals surface area contributed by atoms with Crippen LogP contribution in [0.2, 0.25) is 0 Å². The lowest BCUT2D eigenvalue weighted by molar-refractivity contribution is -0.136. The van der Waals surface area contributed by atoms with Gasteiger partial charge in [-0.15, -0.1) is 11.3 Å². The average Bonchev–Trinajstić information content (AvgIpc) is 3.08. The van der Waals surface area contributed by atoms with Crippen LogP contribution in [0.1, 0.15) is 81.7 Å². The second-order valence-corrected chi connectivity index (χ2v) is 7.33. The minimum absolute atomic E-state index is 0.0961. The third-order valence-electron chi connectivity index (χ3n) is 4.20. The number of nitrogens with one attached hydrogen (secondary N) is 1. The van der Waals surface area contributed by atoms with Gasteiger partial charge in [0.1, 0.15) is 10.7 Å². The monoisotopic (exact) mass is 367 g/mol. The molecule has 1 atom stereocenters. The molecule has 142 valence electrons. The quantitative estimate of drug-likeness (QED) is 0.601. The standard InChI is InChI=1S/C19H33N3O2S/c1-5-9-10-15(8-4)19(24)22(12-7-3)13-17-21-16(14-25-17)18(23)20-11-6-2/h14-15H,5-13H2,1-4H3,(H,20,23). The summed E-state index contributed by atoms with van der Waals surface area (Å²) in [6.07, 6.45) is 5.85. The van der Waals surface area contributed by atoms with Gasteiger partial charge in [0.25, 0.3) is 5.91 Å². The molecule has 0 radical (unpaired) electrons. The van der Waals surface area contributed by atoms with Gasteiger partial charge in [-0.25, -0.2) is 4.98 Å². The first kappa shape index (κ1) is 21.6. The summed E-state index contributed by atoms with van der Waals surface area (Å²) in [5.41, 5.74) is 0.454. The number of nitrogens with zero attached hydrogens (tertiary/aromatic N) is 2. The summed E-state index contributed by atoms with van der Waals surface area (Å²) < 4.78 is 0. The molecule has 0 spiro atoms. The van der Waals surface area contributed by atoms with Crippen LogP contribution in [-0.2, 0) is 11.3 Å². The molecule has 25 heavy (non-hydrogen) atoms. The smallest absolute Gasteiger partial charge is 0.270 e. The Morgan fingerprint density at radius 3 is 2.56 bits per heavy atom. The predicted octanol–water partition coefficient (Wildman–Crippen LogP) is 4.24. The van der Waals surface area contributed by atoms with E-state index >= 15 is 0 Å². The second-order valence-electron chi connectivity index (χ2n) is 6.39. The fourth-order valence-corrected chi connectivity index (χ4v) is 3.52. The number of amides is 2. The van der Waals surface area contributed by atoms with Gasteiger partial charge in [0.15, 0.2) is 0 Å². The Morgan fingerprint density at radius 2 is 1.96 bits per heavy atom. The highest BCUT2D eigenvalue weighted by Crippen LogP contribution is 2.19. The molecule has 0 aromatic carbocycles. The van der Waals surface area contributed by atoms with Crippen molar-refractivity contribution in [2.45, 2.75) is 72.8 Å². The zero-order chi connectivity index (χ0) is 18.7. The van der Waals surface area contributed by atoms with E-state index in [-0.39, 0.29) is 17.7 Å². The maximum Gasteiger partial charge on any atom is 0.270 e. The van der Waals surface area contributed by atoms with Crippen molar-refractivity contribution in [1.29, 1.82) is 0 Å². The van der Waals surface area contributed by atoms with Crippen molar-refractivity contribution < 1.29 is 9.59 Å². The Labute approximate surface area is 156 Å². The van der Waals surface area contributed by atoms with Gasteiger partial charge in [0.2, 0.25) is 5.91 Å². The van der Waals surface area contributed by atoms with Crippen molar-refractivity contribution in [2.75, 3.05) is 13.1 Å². The van der Waals surface area contributed by atoms with Crippen LogP contribution in [0.25, 0.3) is 0 Å². The second kappa shape index (κ2) is 12.0. The molecule has 0 aliphatic rings. The molecule has 1 unspecified atom stereocenters. The van der Waals surface area contributed by atoms with E-state index in [4.69, 9.17) is 0 Å². The van der Waals surface area contributed by atoms with E-state index in [1.807, 2.05) is 11.8 Å². The van der Waals surface area contributed by atoms with Crippen molar-refractivity contribution in [3.8, 4) is 0 Å². The van der Waals surface area contributed by atoms with Crippen molar-refractivity contribution in [1.82, 2.24) is 15.2 Å². The number of unbranched alkanes of at least 4 members (excludes halogenated alkanes) is 1. The molecule has 0 saturated carbocycles. The normalized spacial score (nSPS) is 12.0. The molecule has 1 rings (SSSR count). The van der Waals surface area contributed by atoms with E-state index in [0.29, 0.717) is 18.8 Å². The van der Waals surface area contributed by atoms with Crippen molar-refractivity contribution in [3.05, 3.63) is 16.1 Å². The topological polar surface area (TPSA) is 62.3 Å². The van der Waals surface area contributed by atoms with E-state index in [1.165, 1.54) is 11.3 Å². The fourth-order valence-electron chi connectivity index (χ4n) is 2.73. The molecule has 1 N–H and O–H groups in total. The highest BCUT2D eigenvalue weighted by molar-refractivity contribution is 7.09. The minimum Gasteiger partial charge on any atom is -0.351 e. The third kappa shape index (κ3) is 7.14. The first-order chi connectivity index (χ1) is 12.1. The van der Waals surface area contributed by atoms with E-state index < -0.39 is 0 Å². The summed E-state index contributed by atoms with van der Waals surface area (Å²) in [5, 5.41) is 5.45. The van der Waals surface area contributed by atoms with Crippen LogP contribution in [0.4, 0.5) is 0 Å². The van der Waals surface area contributed by atoms with Crippen LogP contribution in [0.15, 0.2) is 5.38 Å². The molecule has 1 aromatic heterocycles. The summed E-state index contributed by atoms with van der Waals surface area (Å²) in [7, 11) is 0. The molecule has 0 aliphatic heterocycles. The van der Waals surface area contributed by atoms with Crippen LogP contribution < -0.4 is 5.32 Å². The number of rotatable bonds is 12. The molecule has 0 aliphatic carbocycles. The Hall–Kier alpha value is -1.43. The summed E-state index contributed by atoms with van der Waals surface area (Å²) in [4.78, 5) is 31.2. The highest BCUT2D eigenvalue weighted by Gasteiger charge is 2.23. The average molecular weight is 368 g/mol. The summed E-state index contributed by atoms with van der Waals surface area (Å²) in [5.74, 6) is 0.191. The number of carbonyl (C=O) groups excluding carboxylic acids is 2. The van der Waals surface area contributed by atoms with Gasteiger partial charge in [0.05, 0.1) is 6.54 Å². The lowest BCUT2D eigenvalue weighted by Crippen LogP contribution is -2.36. The Kier molecular flexibility index (Phi) is 10.4. The Bertz CT molecular complexity index is 530. The van der Waals surface area contributed by atoms with Crippen LogP contribution >= 0.6 is 11.3 Å². The minimum atomic E-state index is -0.132. The van der Waals surface area contributed by atoms with Crippen molar-refractivity contribution >= 4 is 23.2 Å². The van der Waals surface area contributed by atoms with Crippen molar-refractivity contribution in [2.24, 2.45) is 5.92 Å². The SMILES string of the molecule is CCCCC(CC)C(=O)N(CCC)Cc1nc(C(=O)NCCC)cs1. The molecule has 6 heteroatoms. The van der Waals surface area contributed by atoms with Gasteiger partial charge < -0.3 is 10.2 Å². The Balaban J connectivity index is 2.75. The van der Waals surface area contributed by atoms with E-state index in [9.17, 15) is 9.59 Å². The number of aromatic nitrogens is 1. The maximum atomic E-state index is 12.9. The molecule has 2 amide bonds. The number of hydrogen-bond donors (Lipinski definition) is 1. The molecule has 5 nitrogen and oxygen atoms in total. The van der Waals surface area contributed by atoms with Crippen LogP contribution in [-0.4, -0.2) is 34.8 Å². The fraction of sp³-hybridized carbons (Fsp3) is 0.737. The number of thiazole rings is 1. The third-order valence-corrected chi connectivity index (χ3v) is 5.03. The van der Waals surface area contributed by atoms with E-state index in [0.717, 1.165) is 50.1 Å². The van der Waals surface area contributed by atoms with Gasteiger partial charge in [-0.05, 0) is 25.7 Å². The van der Waals surface area contributed by atoms with Crippen LogP contribution in [0, 0.1) is 5.92 Å². The van der Waals surface area contributed by atoms with E-state index in [2.05, 4.69) is 31.1 Å². The van der Waals surface area contributed by atoms with Gasteiger partial charge in [-0.3, -0.25) is 9.59 Å². The summed E-state index contributed by atoms with van der Waals surface area (Å²) >= 11 is 1.45. The van der Waals surface area contributed by atoms with Gasteiger partial charge in [0, 0.05) is 24.4 Å². The van der Waals surface area contributed by atoms with Crippen LogP contribution in [0.5, 0.6) is 0 Å². The van der Waals surface area contributed by atoms with Crippen LogP contribution in [0.3, 0.4) is 0 Å². The first-order valence-electron chi connectivity index (χ1n) is 9.58.